The van der Waals surface area contributed by atoms with Crippen molar-refractivity contribution in [3.63, 3.8) is 0 Å². The second kappa shape index (κ2) is 20.3. The Morgan fingerprint density at radius 2 is 0.776 bits per heavy atom. The molecule has 0 atom stereocenters. The smallest absolute Gasteiger partial charge is 0.328 e. The molecule has 12 aromatic rings. The highest BCUT2D eigenvalue weighted by molar-refractivity contribution is 7.20. The van der Waals surface area contributed by atoms with Crippen molar-refractivity contribution >= 4 is 101 Å². The molecule has 0 saturated heterocycles. The molecule has 8 nitrogen and oxygen atoms in total. The van der Waals surface area contributed by atoms with Gasteiger partial charge in [-0.25, -0.2) is 9.97 Å². The minimum Gasteiger partial charge on any atom is -0.497 e. The first-order valence-corrected chi connectivity index (χ1v) is 26.6. The number of fused-ring (bicyclic) bond motifs is 3. The molecule has 0 aliphatic rings. The van der Waals surface area contributed by atoms with Crippen LogP contribution in [0.2, 0.25) is 0 Å². The van der Waals surface area contributed by atoms with E-state index in [-0.39, 0.29) is 0 Å². The Morgan fingerprint density at radius 1 is 0.447 bits per heavy atom. The minimum absolute atomic E-state index is 0.391. The molecule has 0 bridgehead atoms. The number of nitrogens with zero attached hydrogens (tertiary/aromatic N) is 6. The lowest BCUT2D eigenvalue weighted by molar-refractivity contribution is 0.415. The van der Waals surface area contributed by atoms with Crippen LogP contribution in [0.4, 0.5) is 0 Å². The molecule has 0 aliphatic carbocycles. The molecular formula is C64H46B2N6O2S2. The Morgan fingerprint density at radius 3 is 1.09 bits per heavy atom. The van der Waals surface area contributed by atoms with Crippen molar-refractivity contribution in [1.29, 1.82) is 10.5 Å². The van der Waals surface area contributed by atoms with Gasteiger partial charge in [0.05, 0.1) is 45.4 Å². The number of rotatable bonds is 12. The van der Waals surface area contributed by atoms with Crippen LogP contribution in [0.1, 0.15) is 21.1 Å². The molecule has 0 radical (unpaired) electrons. The molecule has 4 heterocycles. The molecule has 12 heteroatoms. The molecule has 0 aliphatic heterocycles. The van der Waals surface area contributed by atoms with E-state index in [9.17, 15) is 10.5 Å². The average molecular weight is 1020 g/mol. The van der Waals surface area contributed by atoms with Gasteiger partial charge in [-0.3, -0.25) is 0 Å². The minimum atomic E-state index is -0.497. The molecule has 0 N–H and O–H groups in total. The maximum absolute atomic E-state index is 12.3. The zero-order chi connectivity index (χ0) is 51.9. The second-order valence-corrected chi connectivity index (χ2v) is 20.7. The molecular weight excluding hydrogens is 971 g/mol. The lowest BCUT2D eigenvalue weighted by atomic mass is 9.50. The number of benzene rings is 8. The zero-order valence-corrected chi connectivity index (χ0v) is 43.7. The van der Waals surface area contributed by atoms with Gasteiger partial charge in [-0.05, 0) is 61.4 Å². The molecule has 8 aromatic carbocycles. The van der Waals surface area contributed by atoms with Gasteiger partial charge in [0.2, 0.25) is 0 Å². The summed E-state index contributed by atoms with van der Waals surface area (Å²) in [5.41, 5.74) is 11.9. The quantitative estimate of drug-likeness (QED) is 0.113. The summed E-state index contributed by atoms with van der Waals surface area (Å²) in [6, 6.07) is 76.2. The molecule has 0 unspecified atom stereocenters. The highest BCUT2D eigenvalue weighted by atomic mass is 32.1. The number of thiazole rings is 2. The topological polar surface area (TPSA) is 102 Å². The molecule has 12 rings (SSSR count). The van der Waals surface area contributed by atoms with Gasteiger partial charge >= 0.3 is 13.7 Å². The van der Waals surface area contributed by atoms with Gasteiger partial charge in [-0.15, -0.1) is 22.7 Å². The number of aromatic nitrogens is 4. The summed E-state index contributed by atoms with van der Waals surface area (Å²) in [4.78, 5) is 10.6. The van der Waals surface area contributed by atoms with E-state index in [1.165, 1.54) is 22.7 Å². The van der Waals surface area contributed by atoms with Crippen molar-refractivity contribution in [3.05, 3.63) is 238 Å². The fourth-order valence-electron chi connectivity index (χ4n) is 10.8. The third-order valence-corrected chi connectivity index (χ3v) is 16.3. The van der Waals surface area contributed by atoms with Gasteiger partial charge < -0.3 is 18.4 Å². The highest BCUT2D eigenvalue weighted by Crippen LogP contribution is 2.40. The van der Waals surface area contributed by atoms with E-state index in [1.807, 2.05) is 60.7 Å². The number of nitriles is 2. The standard InChI is InChI=1S/C64H46B2N6O2S2/c1-41-21-17-19-31-49(41)59-57-58(62(52(40-68)64-70-54-36-34-48(74-4)38-56(54)76-64)71(59)65(43-23-9-5-10-24-43)44-25-11-6-12-26-44)60(50-32-20-18-22-42(50)2)72(66(45-27-13-7-14-28-45)46-29-15-8-16-30-46)61(57)51(39-67)63-69-53-35-33-47(73-3)37-55(53)75-63/h5-38H,1-4H3/b61-51-,62-52-. The summed E-state index contributed by atoms with van der Waals surface area (Å²) in [6.45, 7) is 3.28. The van der Waals surface area contributed by atoms with Gasteiger partial charge in [0.15, 0.2) is 0 Å². The van der Waals surface area contributed by atoms with Crippen molar-refractivity contribution in [2.24, 2.45) is 0 Å². The van der Waals surface area contributed by atoms with Crippen LogP contribution < -0.4 is 42.0 Å². The van der Waals surface area contributed by atoms with Crippen molar-refractivity contribution in [2.45, 2.75) is 13.8 Å². The molecule has 0 amide bonds. The summed E-state index contributed by atoms with van der Waals surface area (Å²) in [6.07, 6.45) is 0. The third kappa shape index (κ3) is 8.25. The highest BCUT2D eigenvalue weighted by Gasteiger charge is 2.38. The Bertz CT molecular complexity index is 4020. The lowest BCUT2D eigenvalue weighted by Crippen LogP contribution is -2.54. The van der Waals surface area contributed by atoms with Crippen molar-refractivity contribution in [2.75, 3.05) is 14.2 Å². The van der Waals surface area contributed by atoms with E-state index in [0.717, 1.165) is 86.7 Å². The number of ether oxygens (including phenoxy) is 2. The Hall–Kier alpha value is -9.19. The number of hydrogen-bond donors (Lipinski definition) is 0. The van der Waals surface area contributed by atoms with Crippen LogP contribution in [0.3, 0.4) is 0 Å². The molecule has 362 valence electrons. The molecule has 4 aromatic heterocycles. The average Bonchev–Trinajstić information content (AvgIpc) is 4.42. The normalized spacial score (nSPS) is 12.1. The largest absolute Gasteiger partial charge is 0.497 e. The summed E-state index contributed by atoms with van der Waals surface area (Å²) >= 11 is 2.93. The van der Waals surface area contributed by atoms with Gasteiger partial charge in [-0.2, -0.15) is 10.5 Å². The molecule has 0 saturated carbocycles. The first-order chi connectivity index (χ1) is 37.4. The summed E-state index contributed by atoms with van der Waals surface area (Å²) in [5, 5.41) is 28.6. The fourth-order valence-corrected chi connectivity index (χ4v) is 12.8. The number of aryl methyl sites for hydroxylation is 2. The maximum Gasteiger partial charge on any atom is 0.328 e. The summed E-state index contributed by atoms with van der Waals surface area (Å²) < 4.78 is 18.0. The van der Waals surface area contributed by atoms with Crippen LogP contribution in [0.25, 0.3) is 64.9 Å². The van der Waals surface area contributed by atoms with Crippen LogP contribution in [0.5, 0.6) is 11.5 Å². The van der Waals surface area contributed by atoms with Crippen LogP contribution in [-0.2, 0) is 0 Å². The lowest BCUT2D eigenvalue weighted by Gasteiger charge is -2.25. The van der Waals surface area contributed by atoms with E-state index in [0.29, 0.717) is 43.4 Å². The molecule has 76 heavy (non-hydrogen) atoms. The Balaban J connectivity index is 1.45. The van der Waals surface area contributed by atoms with E-state index < -0.39 is 13.7 Å². The fraction of sp³-hybridized carbons (Fsp3) is 0.0625. The summed E-state index contributed by atoms with van der Waals surface area (Å²) in [5.74, 6) is 1.40. The number of methoxy groups -OCH3 is 2. The number of hydrogen-bond acceptors (Lipinski definition) is 8. The monoisotopic (exact) mass is 1020 g/mol. The third-order valence-electron chi connectivity index (χ3n) is 14.3. The first kappa shape index (κ1) is 47.8. The van der Waals surface area contributed by atoms with E-state index >= 15 is 0 Å². The molecule has 0 spiro atoms. The predicted octanol–water partition coefficient (Wildman–Crippen LogP) is 10.4. The van der Waals surface area contributed by atoms with E-state index in [2.05, 4.69) is 181 Å². The Labute approximate surface area is 449 Å². The second-order valence-electron chi connectivity index (χ2n) is 18.6. The van der Waals surface area contributed by atoms with E-state index in [1.54, 1.807) is 14.2 Å². The predicted molar refractivity (Wildman–Crippen MR) is 315 cm³/mol. The zero-order valence-electron chi connectivity index (χ0n) is 42.1. The van der Waals surface area contributed by atoms with Crippen molar-refractivity contribution in [3.8, 4) is 46.2 Å². The van der Waals surface area contributed by atoms with Gasteiger partial charge in [-0.1, -0.05) is 192 Å². The maximum atomic E-state index is 12.3. The van der Waals surface area contributed by atoms with Gasteiger partial charge in [0, 0.05) is 33.3 Å². The molecule has 0 fully saturated rings. The van der Waals surface area contributed by atoms with Crippen molar-refractivity contribution in [1.82, 2.24) is 18.9 Å². The van der Waals surface area contributed by atoms with Crippen LogP contribution in [0, 0.1) is 36.5 Å². The van der Waals surface area contributed by atoms with Gasteiger partial charge in [0.1, 0.15) is 44.8 Å². The van der Waals surface area contributed by atoms with Crippen LogP contribution >= 0.6 is 22.7 Å². The summed E-state index contributed by atoms with van der Waals surface area (Å²) in [7, 11) is 3.32. The van der Waals surface area contributed by atoms with Crippen LogP contribution in [0.15, 0.2) is 206 Å². The van der Waals surface area contributed by atoms with Gasteiger partial charge in [0.25, 0.3) is 0 Å². The van der Waals surface area contributed by atoms with Crippen molar-refractivity contribution < 1.29 is 9.47 Å². The first-order valence-electron chi connectivity index (χ1n) is 25.0. The van der Waals surface area contributed by atoms with E-state index in [4.69, 9.17) is 19.4 Å². The SMILES string of the molecule is COc1ccc2nc(/C(C#N)=c3/c4c(-c5ccccc5C)n(B(c5ccccc5)c5ccccc5)/c(=C(/C#N)c5nc6ccc(OC)cc6s5)c4c(-c4ccccc4C)n3B(c3ccccc3)c3ccccc3)sc2c1. The Kier molecular flexibility index (Phi) is 12.7. The van der Waals surface area contributed by atoms with Crippen LogP contribution in [-0.4, -0.2) is 46.8 Å².